The number of aromatic nitrogens is 4. The van der Waals surface area contributed by atoms with Crippen molar-refractivity contribution in [2.24, 2.45) is 0 Å². The molecule has 6 nitrogen and oxygen atoms in total. The van der Waals surface area contributed by atoms with E-state index in [0.717, 1.165) is 23.1 Å². The molecular formula is C18H14F3N5OS. The lowest BCUT2D eigenvalue weighted by atomic mass is 9.96. The molecular weight excluding hydrogens is 391 g/mol. The molecule has 0 saturated carbocycles. The summed E-state index contributed by atoms with van der Waals surface area (Å²) >= 11 is 0.766. The van der Waals surface area contributed by atoms with Crippen LogP contribution in [-0.2, 0) is 12.1 Å². The molecule has 0 aliphatic heterocycles. The van der Waals surface area contributed by atoms with Gasteiger partial charge in [-0.2, -0.15) is 18.3 Å². The maximum Gasteiger partial charge on any atom is 0.428 e. The summed E-state index contributed by atoms with van der Waals surface area (Å²) in [4.78, 5) is 7.90. The van der Waals surface area contributed by atoms with E-state index in [0.29, 0.717) is 10.2 Å². The third-order valence-corrected chi connectivity index (χ3v) is 5.51. The van der Waals surface area contributed by atoms with Crippen molar-refractivity contribution in [3.05, 3.63) is 71.1 Å². The fraction of sp³-hybridized carbons (Fsp3) is 0.167. The largest absolute Gasteiger partial charge is 0.428 e. The van der Waals surface area contributed by atoms with Crippen molar-refractivity contribution < 1.29 is 18.3 Å². The number of aliphatic hydroxyl groups is 1. The average Bonchev–Trinajstić information content (AvgIpc) is 3.26. The van der Waals surface area contributed by atoms with Crippen LogP contribution in [0.4, 0.5) is 19.0 Å². The number of anilines is 1. The Bertz CT molecular complexity index is 1090. The summed E-state index contributed by atoms with van der Waals surface area (Å²) in [5.74, 6) is -0.282. The molecule has 0 aliphatic rings. The van der Waals surface area contributed by atoms with Crippen molar-refractivity contribution in [1.82, 2.24) is 19.7 Å². The molecule has 0 amide bonds. The van der Waals surface area contributed by atoms with E-state index in [1.54, 1.807) is 48.8 Å². The lowest BCUT2D eigenvalue weighted by Gasteiger charge is -2.28. The number of alkyl halides is 3. The zero-order chi connectivity index (χ0) is 19.9. The Labute approximate surface area is 161 Å². The quantitative estimate of drug-likeness (QED) is 0.544. The second kappa shape index (κ2) is 6.57. The highest BCUT2D eigenvalue weighted by Gasteiger charge is 2.60. The van der Waals surface area contributed by atoms with Gasteiger partial charge in [-0.05, 0) is 29.8 Å². The minimum absolute atomic E-state index is 0.141. The number of halogens is 3. The van der Waals surface area contributed by atoms with Crippen molar-refractivity contribution >= 4 is 27.4 Å². The molecule has 3 N–H and O–H groups in total. The second-order valence-corrected chi connectivity index (χ2v) is 7.18. The number of nitrogens with zero attached hydrogens (tertiary/aromatic N) is 4. The van der Waals surface area contributed by atoms with Crippen molar-refractivity contribution in [2.75, 3.05) is 5.73 Å². The number of para-hydroxylation sites is 1. The number of pyridine rings is 1. The van der Waals surface area contributed by atoms with Crippen LogP contribution in [0.25, 0.3) is 10.2 Å². The Morgan fingerprint density at radius 3 is 2.50 bits per heavy atom. The number of hydrogen-bond donors (Lipinski definition) is 2. The number of rotatable bonds is 4. The summed E-state index contributed by atoms with van der Waals surface area (Å²) in [6.45, 7) is 0.141. The van der Waals surface area contributed by atoms with Gasteiger partial charge >= 0.3 is 6.18 Å². The Kier molecular flexibility index (Phi) is 4.31. The molecule has 28 heavy (non-hydrogen) atoms. The van der Waals surface area contributed by atoms with Crippen LogP contribution in [0.3, 0.4) is 0 Å². The molecule has 4 rings (SSSR count). The van der Waals surface area contributed by atoms with Crippen molar-refractivity contribution in [3.63, 3.8) is 0 Å². The Balaban J connectivity index is 1.83. The first kappa shape index (κ1) is 18.4. The molecule has 10 heteroatoms. The van der Waals surface area contributed by atoms with Gasteiger partial charge in [-0.15, -0.1) is 11.3 Å². The first-order valence-corrected chi connectivity index (χ1v) is 8.98. The van der Waals surface area contributed by atoms with Gasteiger partial charge in [0.05, 0.1) is 28.5 Å². The highest BCUT2D eigenvalue weighted by atomic mass is 32.1. The molecule has 0 spiro atoms. The monoisotopic (exact) mass is 405 g/mol. The van der Waals surface area contributed by atoms with E-state index in [9.17, 15) is 18.3 Å². The third-order valence-electron chi connectivity index (χ3n) is 4.37. The van der Waals surface area contributed by atoms with E-state index in [2.05, 4.69) is 15.1 Å². The minimum Gasteiger partial charge on any atom is -0.384 e. The topological polar surface area (TPSA) is 89.9 Å². The smallest absolute Gasteiger partial charge is 0.384 e. The fourth-order valence-corrected chi connectivity index (χ4v) is 3.97. The average molecular weight is 405 g/mol. The Hall–Kier alpha value is -2.98. The normalized spacial score (nSPS) is 14.3. The highest BCUT2D eigenvalue weighted by molar-refractivity contribution is 7.18. The molecule has 3 aromatic heterocycles. The van der Waals surface area contributed by atoms with E-state index in [4.69, 9.17) is 5.73 Å². The van der Waals surface area contributed by atoms with Gasteiger partial charge in [0.2, 0.25) is 5.60 Å². The summed E-state index contributed by atoms with van der Waals surface area (Å²) in [5.41, 5.74) is 3.18. The predicted octanol–water partition coefficient (Wildman–Crippen LogP) is 3.32. The van der Waals surface area contributed by atoms with E-state index in [1.807, 2.05) is 0 Å². The molecule has 1 unspecified atom stereocenters. The van der Waals surface area contributed by atoms with Gasteiger partial charge in [-0.1, -0.05) is 12.1 Å². The maximum absolute atomic E-state index is 14.0. The summed E-state index contributed by atoms with van der Waals surface area (Å²) in [6.07, 6.45) is -0.984. The lowest BCUT2D eigenvalue weighted by molar-refractivity contribution is -0.248. The SMILES string of the molecule is Nc1c(C(O)(c2nc3ccccc3s2)C(F)(F)F)cnn1Cc1ccncc1. The highest BCUT2D eigenvalue weighted by Crippen LogP contribution is 2.48. The summed E-state index contributed by atoms with van der Waals surface area (Å²) < 4.78 is 43.8. The number of benzene rings is 1. The van der Waals surface area contributed by atoms with Gasteiger partial charge in [-0.25, -0.2) is 9.67 Å². The fourth-order valence-electron chi connectivity index (χ4n) is 2.88. The van der Waals surface area contributed by atoms with Crippen LogP contribution >= 0.6 is 11.3 Å². The first-order chi connectivity index (χ1) is 13.3. The molecule has 1 atom stereocenters. The molecule has 3 heterocycles. The zero-order valence-electron chi connectivity index (χ0n) is 14.3. The van der Waals surface area contributed by atoms with E-state index in [1.165, 1.54) is 4.68 Å². The molecule has 1 aromatic carbocycles. The minimum atomic E-state index is -5.04. The molecule has 0 saturated heterocycles. The summed E-state index contributed by atoms with van der Waals surface area (Å²) in [5, 5.41) is 14.3. The molecule has 144 valence electrons. The molecule has 4 aromatic rings. The molecule has 0 bridgehead atoms. The van der Waals surface area contributed by atoms with Crippen molar-refractivity contribution in [1.29, 1.82) is 0 Å². The van der Waals surface area contributed by atoms with Crippen LogP contribution < -0.4 is 5.73 Å². The van der Waals surface area contributed by atoms with Crippen molar-refractivity contribution in [2.45, 2.75) is 18.3 Å². The number of fused-ring (bicyclic) bond motifs is 1. The van der Waals surface area contributed by atoms with Gasteiger partial charge in [0.1, 0.15) is 10.8 Å². The lowest BCUT2D eigenvalue weighted by Crippen LogP contribution is -2.43. The predicted molar refractivity (Wildman–Crippen MR) is 98.7 cm³/mol. The standard InChI is InChI=1S/C18H14F3N5OS/c19-18(20,21)17(27,16-25-13-3-1-2-4-14(13)28-16)12-9-24-26(15(12)22)10-11-5-7-23-8-6-11/h1-9,27H,10,22H2. The van der Waals surface area contributed by atoms with E-state index < -0.39 is 22.3 Å². The van der Waals surface area contributed by atoms with Crippen LogP contribution in [0.2, 0.25) is 0 Å². The van der Waals surface area contributed by atoms with Crippen LogP contribution in [0.15, 0.2) is 55.0 Å². The summed E-state index contributed by atoms with van der Waals surface area (Å²) in [6, 6.07) is 9.98. The molecule has 0 radical (unpaired) electrons. The van der Waals surface area contributed by atoms with Crippen molar-refractivity contribution in [3.8, 4) is 0 Å². The van der Waals surface area contributed by atoms with Gasteiger partial charge in [-0.3, -0.25) is 4.98 Å². The Morgan fingerprint density at radius 2 is 1.82 bits per heavy atom. The van der Waals surface area contributed by atoms with Gasteiger partial charge in [0, 0.05) is 12.4 Å². The van der Waals surface area contributed by atoms with E-state index in [-0.39, 0.29) is 12.4 Å². The number of hydrogen-bond acceptors (Lipinski definition) is 6. The number of nitrogens with two attached hydrogens (primary N) is 1. The maximum atomic E-state index is 14.0. The first-order valence-electron chi connectivity index (χ1n) is 8.16. The van der Waals surface area contributed by atoms with E-state index >= 15 is 0 Å². The number of thiazole rings is 1. The van der Waals surface area contributed by atoms with Crippen LogP contribution in [0, 0.1) is 0 Å². The molecule has 0 aliphatic carbocycles. The van der Waals surface area contributed by atoms with Crippen LogP contribution in [0.1, 0.15) is 16.1 Å². The van der Waals surface area contributed by atoms with Gasteiger partial charge < -0.3 is 10.8 Å². The Morgan fingerprint density at radius 1 is 1.11 bits per heavy atom. The van der Waals surface area contributed by atoms with Gasteiger partial charge in [0.25, 0.3) is 0 Å². The third kappa shape index (κ3) is 2.90. The van der Waals surface area contributed by atoms with Crippen LogP contribution in [0.5, 0.6) is 0 Å². The molecule has 0 fully saturated rings. The summed E-state index contributed by atoms with van der Waals surface area (Å²) in [7, 11) is 0. The number of nitrogen functional groups attached to an aromatic ring is 1. The zero-order valence-corrected chi connectivity index (χ0v) is 15.1. The van der Waals surface area contributed by atoms with Crippen LogP contribution in [-0.4, -0.2) is 31.0 Å². The second-order valence-electron chi connectivity index (χ2n) is 6.15. The van der Waals surface area contributed by atoms with Gasteiger partial charge in [0.15, 0.2) is 0 Å².